The highest BCUT2D eigenvalue weighted by Gasteiger charge is 2.29. The first-order valence-corrected chi connectivity index (χ1v) is 19.3. The third kappa shape index (κ3) is 9.90. The number of nitriles is 1. The molecule has 0 amide bonds. The number of carbonyl (C=O) groups is 1. The van der Waals surface area contributed by atoms with Crippen molar-refractivity contribution in [1.29, 1.82) is 5.26 Å². The number of carboxylic acids is 1. The minimum Gasteiger partial charge on any atom is -0.493 e. The predicted molar refractivity (Wildman–Crippen MR) is 210 cm³/mol. The zero-order valence-corrected chi connectivity index (χ0v) is 32.0. The summed E-state index contributed by atoms with van der Waals surface area (Å²) in [5, 5.41) is 19.7. The maximum Gasteiger partial charge on any atom is 0.320 e. The number of benzene rings is 3. The summed E-state index contributed by atoms with van der Waals surface area (Å²) in [7, 11) is 0. The fraction of sp³-hybridized carbons (Fsp3) is 0.419. The monoisotopic (exact) mass is 751 g/mol. The molecule has 3 N–H and O–H groups in total. The lowest BCUT2D eigenvalue weighted by atomic mass is 9.93. The van der Waals surface area contributed by atoms with Gasteiger partial charge in [0.15, 0.2) is 0 Å². The Morgan fingerprint density at radius 1 is 0.907 bits per heavy atom. The summed E-state index contributed by atoms with van der Waals surface area (Å²) in [6, 6.07) is 19.6. The van der Waals surface area contributed by atoms with Crippen LogP contribution >= 0.6 is 11.6 Å². The SMILES string of the molecule is Cc1c(COc2cc(OCc3cncc(C#N)c3)c(CN3CCCC[C@H]3C(=O)O)cc2Cl)cccc1-c1cccc(OCCCN2CCC(N)CC2)c1C. The van der Waals surface area contributed by atoms with E-state index in [1.807, 2.05) is 29.2 Å². The Bertz CT molecular complexity index is 1960. The topological polar surface area (TPSA) is 134 Å². The van der Waals surface area contributed by atoms with Crippen molar-refractivity contribution in [2.75, 3.05) is 32.8 Å². The van der Waals surface area contributed by atoms with Crippen molar-refractivity contribution < 1.29 is 24.1 Å². The van der Waals surface area contributed by atoms with Gasteiger partial charge in [0, 0.05) is 48.7 Å². The van der Waals surface area contributed by atoms with Crippen molar-refractivity contribution in [3.8, 4) is 34.4 Å². The van der Waals surface area contributed by atoms with Gasteiger partial charge in [0.1, 0.15) is 42.6 Å². The van der Waals surface area contributed by atoms with E-state index in [4.69, 9.17) is 31.5 Å². The number of halogens is 1. The van der Waals surface area contributed by atoms with E-state index < -0.39 is 12.0 Å². The van der Waals surface area contributed by atoms with Crippen LogP contribution < -0.4 is 19.9 Å². The third-order valence-electron chi connectivity index (χ3n) is 10.6. The van der Waals surface area contributed by atoms with Crippen LogP contribution in [0.2, 0.25) is 5.02 Å². The van der Waals surface area contributed by atoms with Crippen molar-refractivity contribution in [2.45, 2.75) is 84.2 Å². The number of nitrogens with zero attached hydrogens (tertiary/aromatic N) is 4. The lowest BCUT2D eigenvalue weighted by molar-refractivity contribution is -0.144. The summed E-state index contributed by atoms with van der Waals surface area (Å²) in [4.78, 5) is 20.7. The number of carboxylic acid groups (broad SMARTS) is 1. The van der Waals surface area contributed by atoms with Crippen molar-refractivity contribution in [3.63, 3.8) is 0 Å². The second-order valence-corrected chi connectivity index (χ2v) is 14.8. The van der Waals surface area contributed by atoms with E-state index in [1.165, 1.54) is 6.20 Å². The minimum absolute atomic E-state index is 0.163. The first kappa shape index (κ1) is 39.0. The summed E-state index contributed by atoms with van der Waals surface area (Å²) in [6.07, 6.45) is 8.65. The van der Waals surface area contributed by atoms with Gasteiger partial charge in [0.25, 0.3) is 0 Å². The van der Waals surface area contributed by atoms with Crippen LogP contribution in [0.15, 0.2) is 67.0 Å². The van der Waals surface area contributed by atoms with Crippen LogP contribution in [0.25, 0.3) is 11.1 Å². The number of nitrogens with two attached hydrogens (primary N) is 1. The van der Waals surface area contributed by atoms with E-state index >= 15 is 0 Å². The quantitative estimate of drug-likeness (QED) is 0.117. The van der Waals surface area contributed by atoms with Crippen LogP contribution in [0.3, 0.4) is 0 Å². The fourth-order valence-corrected chi connectivity index (χ4v) is 7.65. The Hall–Kier alpha value is -4.66. The number of aromatic nitrogens is 1. The van der Waals surface area contributed by atoms with Crippen molar-refractivity contribution in [2.24, 2.45) is 5.73 Å². The normalized spacial score (nSPS) is 16.8. The fourth-order valence-electron chi connectivity index (χ4n) is 7.41. The average molecular weight is 752 g/mol. The molecule has 0 bridgehead atoms. The number of piperidine rings is 2. The number of hydrogen-bond donors (Lipinski definition) is 2. The van der Waals surface area contributed by atoms with Gasteiger partial charge in [-0.05, 0) is 112 Å². The highest BCUT2D eigenvalue weighted by atomic mass is 35.5. The highest BCUT2D eigenvalue weighted by Crippen LogP contribution is 2.37. The molecule has 3 heterocycles. The molecule has 11 heteroatoms. The zero-order valence-electron chi connectivity index (χ0n) is 31.2. The van der Waals surface area contributed by atoms with Gasteiger partial charge in [0.05, 0.1) is 17.2 Å². The molecule has 2 fully saturated rings. The molecule has 284 valence electrons. The van der Waals surface area contributed by atoms with E-state index in [2.05, 4.69) is 48.0 Å². The summed E-state index contributed by atoms with van der Waals surface area (Å²) in [5.74, 6) is 1.05. The van der Waals surface area contributed by atoms with Crippen LogP contribution in [0.4, 0.5) is 0 Å². The number of pyridine rings is 1. The summed E-state index contributed by atoms with van der Waals surface area (Å²) in [5.41, 5.74) is 13.4. The Morgan fingerprint density at radius 2 is 1.67 bits per heavy atom. The van der Waals surface area contributed by atoms with Crippen LogP contribution in [0, 0.1) is 25.2 Å². The Labute approximate surface area is 323 Å². The smallest absolute Gasteiger partial charge is 0.320 e. The number of ether oxygens (including phenoxy) is 3. The average Bonchev–Trinajstić information content (AvgIpc) is 3.18. The summed E-state index contributed by atoms with van der Waals surface area (Å²) in [6.45, 7) is 9.48. The van der Waals surface area contributed by atoms with E-state index in [-0.39, 0.29) is 13.2 Å². The molecule has 0 aliphatic carbocycles. The first-order chi connectivity index (χ1) is 26.2. The standard InChI is InChI=1S/C43H50ClN5O5/c1-29-33(8-5-9-36(29)37-10-6-12-40(30(37)2)52-19-7-15-48-17-13-35(46)14-18-48)28-54-42-22-41(53-27-32-20-31(23-45)24-47-25-32)34(21-38(42)44)26-49-16-4-3-11-39(49)43(50)51/h5-6,8-10,12,20-22,24-25,35,39H,3-4,7,11,13-19,26-28,46H2,1-2H3,(H,50,51)/t39-/m0/s1. The molecule has 0 saturated carbocycles. The second-order valence-electron chi connectivity index (χ2n) is 14.4. The highest BCUT2D eigenvalue weighted by molar-refractivity contribution is 6.32. The van der Waals surface area contributed by atoms with Gasteiger partial charge in [-0.2, -0.15) is 5.26 Å². The molecule has 2 aliphatic heterocycles. The molecule has 10 nitrogen and oxygen atoms in total. The maximum atomic E-state index is 12.1. The maximum absolute atomic E-state index is 12.1. The van der Waals surface area contributed by atoms with Gasteiger partial charge in [-0.3, -0.25) is 14.7 Å². The molecule has 6 rings (SSSR count). The zero-order chi connectivity index (χ0) is 38.0. The van der Waals surface area contributed by atoms with E-state index in [1.54, 1.807) is 18.3 Å². The molecular formula is C43H50ClN5O5. The van der Waals surface area contributed by atoms with E-state index in [0.717, 1.165) is 96.4 Å². The van der Waals surface area contributed by atoms with Gasteiger partial charge in [0.2, 0.25) is 0 Å². The van der Waals surface area contributed by atoms with Gasteiger partial charge < -0.3 is 30.0 Å². The van der Waals surface area contributed by atoms with Crippen molar-refractivity contribution in [1.82, 2.24) is 14.8 Å². The molecule has 1 aromatic heterocycles. The minimum atomic E-state index is -0.829. The molecule has 2 aliphatic rings. The third-order valence-corrected chi connectivity index (χ3v) is 10.9. The second kappa shape index (κ2) is 18.6. The molecular weight excluding hydrogens is 702 g/mol. The molecule has 2 saturated heterocycles. The molecule has 0 spiro atoms. The molecule has 0 unspecified atom stereocenters. The van der Waals surface area contributed by atoms with Crippen molar-refractivity contribution in [3.05, 3.63) is 105 Å². The molecule has 54 heavy (non-hydrogen) atoms. The lowest BCUT2D eigenvalue weighted by Crippen LogP contribution is -2.44. The van der Waals surface area contributed by atoms with Gasteiger partial charge in [-0.1, -0.05) is 48.4 Å². The van der Waals surface area contributed by atoms with Crippen LogP contribution in [0.5, 0.6) is 17.2 Å². The first-order valence-electron chi connectivity index (χ1n) is 18.9. The van der Waals surface area contributed by atoms with E-state index in [9.17, 15) is 15.2 Å². The van der Waals surface area contributed by atoms with Crippen LogP contribution in [-0.2, 0) is 24.6 Å². The van der Waals surface area contributed by atoms with Crippen LogP contribution in [-0.4, -0.2) is 70.7 Å². The summed E-state index contributed by atoms with van der Waals surface area (Å²) >= 11 is 6.87. The molecule has 0 radical (unpaired) electrons. The molecule has 4 aromatic rings. The number of hydrogen-bond acceptors (Lipinski definition) is 9. The van der Waals surface area contributed by atoms with Gasteiger partial charge >= 0.3 is 5.97 Å². The molecule has 3 aromatic carbocycles. The number of aliphatic carboxylic acids is 1. The number of rotatable bonds is 15. The largest absolute Gasteiger partial charge is 0.493 e. The Morgan fingerprint density at radius 3 is 2.44 bits per heavy atom. The van der Waals surface area contributed by atoms with E-state index in [0.29, 0.717) is 54.2 Å². The van der Waals surface area contributed by atoms with Gasteiger partial charge in [-0.25, -0.2) is 0 Å². The Kier molecular flexibility index (Phi) is 13.4. The predicted octanol–water partition coefficient (Wildman–Crippen LogP) is 7.68. The van der Waals surface area contributed by atoms with Crippen molar-refractivity contribution >= 4 is 17.6 Å². The van der Waals surface area contributed by atoms with Gasteiger partial charge in [-0.15, -0.1) is 0 Å². The lowest BCUT2D eigenvalue weighted by Gasteiger charge is -2.33. The number of likely N-dealkylation sites (tertiary alicyclic amines) is 2. The molecule has 1 atom stereocenters. The summed E-state index contributed by atoms with van der Waals surface area (Å²) < 4.78 is 19.0. The van der Waals surface area contributed by atoms with Crippen LogP contribution in [0.1, 0.15) is 71.9 Å². The Balaban J connectivity index is 1.17.